The highest BCUT2D eigenvalue weighted by Gasteiger charge is 2.13. The van der Waals surface area contributed by atoms with E-state index in [1.807, 2.05) is 6.92 Å². The van der Waals surface area contributed by atoms with Gasteiger partial charge in [-0.2, -0.15) is 4.98 Å². The maximum atomic E-state index is 10.7. The van der Waals surface area contributed by atoms with Crippen LogP contribution in [-0.2, 0) is 6.42 Å². The zero-order valence-corrected chi connectivity index (χ0v) is 12.7. The van der Waals surface area contributed by atoms with Crippen molar-refractivity contribution in [2.75, 3.05) is 0 Å². The first-order valence-corrected chi connectivity index (χ1v) is 6.82. The van der Waals surface area contributed by atoms with Gasteiger partial charge in [0.15, 0.2) is 0 Å². The van der Waals surface area contributed by atoms with Crippen LogP contribution in [-0.4, -0.2) is 14.9 Å². The molecule has 0 radical (unpaired) electrons. The molecule has 8 heteroatoms. The minimum atomic E-state index is -0.553. The van der Waals surface area contributed by atoms with Gasteiger partial charge in [-0.3, -0.25) is 10.1 Å². The molecule has 1 aromatic heterocycles. The number of rotatable bonds is 4. The Morgan fingerprint density at radius 2 is 2.15 bits per heavy atom. The molecule has 0 N–H and O–H groups in total. The van der Waals surface area contributed by atoms with Crippen molar-refractivity contribution in [2.24, 2.45) is 0 Å². The lowest BCUT2D eigenvalue weighted by atomic mass is 10.3. The first kappa shape index (κ1) is 14.7. The van der Waals surface area contributed by atoms with Crippen LogP contribution in [0.3, 0.4) is 0 Å². The van der Waals surface area contributed by atoms with Crippen LogP contribution in [0.15, 0.2) is 28.9 Å². The van der Waals surface area contributed by atoms with Gasteiger partial charge in [-0.15, -0.1) is 0 Å². The van der Waals surface area contributed by atoms with Gasteiger partial charge in [0.05, 0.1) is 4.92 Å². The Morgan fingerprint density at radius 3 is 2.75 bits per heavy atom. The molecule has 0 fully saturated rings. The number of nitro benzene ring substituents is 1. The molecule has 0 amide bonds. The van der Waals surface area contributed by atoms with E-state index in [-0.39, 0.29) is 10.7 Å². The van der Waals surface area contributed by atoms with Crippen molar-refractivity contribution < 1.29 is 9.66 Å². The van der Waals surface area contributed by atoms with Crippen molar-refractivity contribution >= 4 is 33.2 Å². The van der Waals surface area contributed by atoms with Gasteiger partial charge < -0.3 is 4.74 Å². The predicted molar refractivity (Wildman–Crippen MR) is 77.3 cm³/mol. The average Bonchev–Trinajstić information content (AvgIpc) is 2.37. The Balaban J connectivity index is 2.28. The summed E-state index contributed by atoms with van der Waals surface area (Å²) in [5, 5.41) is 10.7. The van der Waals surface area contributed by atoms with E-state index >= 15 is 0 Å². The standard InChI is InChI=1S/C12H9BrClN3O3/c1-2-11-15-10(13)6-12(16-11)20-7-3-4-9(17(18)19)8(14)5-7/h3-6H,2H2,1H3. The van der Waals surface area contributed by atoms with Crippen LogP contribution in [0, 0.1) is 10.1 Å². The molecule has 1 aromatic carbocycles. The highest BCUT2D eigenvalue weighted by Crippen LogP contribution is 2.30. The van der Waals surface area contributed by atoms with Crippen molar-refractivity contribution in [2.45, 2.75) is 13.3 Å². The minimum Gasteiger partial charge on any atom is -0.439 e. The maximum Gasteiger partial charge on any atom is 0.288 e. The van der Waals surface area contributed by atoms with Crippen LogP contribution in [0.2, 0.25) is 5.02 Å². The van der Waals surface area contributed by atoms with E-state index in [0.717, 1.165) is 0 Å². The summed E-state index contributed by atoms with van der Waals surface area (Å²) in [6, 6.07) is 5.73. The molecule has 0 spiro atoms. The number of nitro groups is 1. The van der Waals surface area contributed by atoms with Gasteiger partial charge in [-0.25, -0.2) is 4.98 Å². The Bertz CT molecular complexity index is 666. The molecule has 2 rings (SSSR count). The van der Waals surface area contributed by atoms with E-state index in [1.165, 1.54) is 18.2 Å². The first-order chi connectivity index (χ1) is 9.49. The highest BCUT2D eigenvalue weighted by atomic mass is 79.9. The number of hydrogen-bond donors (Lipinski definition) is 0. The zero-order chi connectivity index (χ0) is 14.7. The maximum absolute atomic E-state index is 10.7. The Kier molecular flexibility index (Phi) is 4.51. The molecule has 0 atom stereocenters. The van der Waals surface area contributed by atoms with Crippen molar-refractivity contribution in [1.82, 2.24) is 9.97 Å². The van der Waals surface area contributed by atoms with Crippen LogP contribution in [0.1, 0.15) is 12.7 Å². The molecule has 1 heterocycles. The van der Waals surface area contributed by atoms with E-state index in [1.54, 1.807) is 6.07 Å². The van der Waals surface area contributed by atoms with Gasteiger partial charge in [0.25, 0.3) is 5.69 Å². The lowest BCUT2D eigenvalue weighted by Crippen LogP contribution is -1.97. The van der Waals surface area contributed by atoms with Gasteiger partial charge in [0.2, 0.25) is 5.88 Å². The largest absolute Gasteiger partial charge is 0.439 e. The fourth-order valence-corrected chi connectivity index (χ4v) is 2.11. The SMILES string of the molecule is CCc1nc(Br)cc(Oc2ccc([N+](=O)[O-])c(Cl)c2)n1. The third-order valence-corrected chi connectivity index (χ3v) is 3.08. The van der Waals surface area contributed by atoms with Crippen LogP contribution in [0.4, 0.5) is 5.69 Å². The molecule has 2 aromatic rings. The number of aromatic nitrogens is 2. The molecule has 0 aliphatic rings. The Hall–Kier alpha value is -1.73. The van der Waals surface area contributed by atoms with Crippen LogP contribution < -0.4 is 4.74 Å². The van der Waals surface area contributed by atoms with E-state index in [9.17, 15) is 10.1 Å². The average molecular weight is 359 g/mol. The van der Waals surface area contributed by atoms with E-state index < -0.39 is 4.92 Å². The molecule has 0 saturated carbocycles. The Morgan fingerprint density at radius 1 is 1.40 bits per heavy atom. The topological polar surface area (TPSA) is 78.2 Å². The predicted octanol–water partition coefficient (Wildman–Crippen LogP) is 4.16. The lowest BCUT2D eigenvalue weighted by molar-refractivity contribution is -0.384. The fourth-order valence-electron chi connectivity index (χ4n) is 1.47. The molecule has 104 valence electrons. The first-order valence-electron chi connectivity index (χ1n) is 5.65. The summed E-state index contributed by atoms with van der Waals surface area (Å²) < 4.78 is 6.13. The number of ether oxygens (including phenoxy) is 1. The highest BCUT2D eigenvalue weighted by molar-refractivity contribution is 9.10. The van der Waals surface area contributed by atoms with E-state index in [2.05, 4.69) is 25.9 Å². The van der Waals surface area contributed by atoms with Crippen molar-refractivity contribution in [3.63, 3.8) is 0 Å². The molecular formula is C12H9BrClN3O3. The quantitative estimate of drug-likeness (QED) is 0.466. The Labute approximate surface area is 128 Å². The van der Waals surface area contributed by atoms with Crippen LogP contribution >= 0.6 is 27.5 Å². The number of halogens is 2. The second-order valence-electron chi connectivity index (χ2n) is 3.77. The molecule has 0 bridgehead atoms. The summed E-state index contributed by atoms with van der Waals surface area (Å²) in [4.78, 5) is 18.5. The zero-order valence-electron chi connectivity index (χ0n) is 10.3. The van der Waals surface area contributed by atoms with Gasteiger partial charge in [0, 0.05) is 24.6 Å². The third kappa shape index (κ3) is 3.43. The van der Waals surface area contributed by atoms with Gasteiger partial charge in [0.1, 0.15) is 21.2 Å². The summed E-state index contributed by atoms with van der Waals surface area (Å²) in [5.41, 5.74) is -0.169. The molecule has 20 heavy (non-hydrogen) atoms. The summed E-state index contributed by atoms with van der Waals surface area (Å²) in [7, 11) is 0. The summed E-state index contributed by atoms with van der Waals surface area (Å²) in [6.45, 7) is 1.92. The minimum absolute atomic E-state index is 0.0105. The van der Waals surface area contributed by atoms with Crippen LogP contribution in [0.25, 0.3) is 0 Å². The number of hydrogen-bond acceptors (Lipinski definition) is 5. The number of benzene rings is 1. The van der Waals surface area contributed by atoms with E-state index in [4.69, 9.17) is 16.3 Å². The van der Waals surface area contributed by atoms with Crippen LogP contribution in [0.5, 0.6) is 11.6 Å². The smallest absolute Gasteiger partial charge is 0.288 e. The van der Waals surface area contributed by atoms with Gasteiger partial charge in [-0.05, 0) is 22.0 Å². The van der Waals surface area contributed by atoms with Crippen molar-refractivity contribution in [3.05, 3.63) is 49.8 Å². The van der Waals surface area contributed by atoms with Gasteiger partial charge >= 0.3 is 0 Å². The summed E-state index contributed by atoms with van der Waals surface area (Å²) in [6.07, 6.45) is 0.664. The monoisotopic (exact) mass is 357 g/mol. The molecule has 0 unspecified atom stereocenters. The van der Waals surface area contributed by atoms with Gasteiger partial charge in [-0.1, -0.05) is 18.5 Å². The number of aryl methyl sites for hydroxylation is 1. The summed E-state index contributed by atoms with van der Waals surface area (Å²) in [5.74, 6) is 1.34. The lowest BCUT2D eigenvalue weighted by Gasteiger charge is -2.07. The molecule has 0 saturated heterocycles. The van der Waals surface area contributed by atoms with Crippen molar-refractivity contribution in [3.8, 4) is 11.6 Å². The number of nitrogens with zero attached hydrogens (tertiary/aromatic N) is 3. The second-order valence-corrected chi connectivity index (χ2v) is 4.99. The normalized spacial score (nSPS) is 10.3. The molecule has 0 aliphatic carbocycles. The van der Waals surface area contributed by atoms with E-state index in [0.29, 0.717) is 28.5 Å². The third-order valence-electron chi connectivity index (χ3n) is 2.37. The fraction of sp³-hybridized carbons (Fsp3) is 0.167. The molecular weight excluding hydrogens is 350 g/mol. The second kappa shape index (κ2) is 6.15. The summed E-state index contributed by atoms with van der Waals surface area (Å²) >= 11 is 9.08. The molecule has 0 aliphatic heterocycles. The van der Waals surface area contributed by atoms with Crippen molar-refractivity contribution in [1.29, 1.82) is 0 Å². The molecule has 6 nitrogen and oxygen atoms in total.